The van der Waals surface area contributed by atoms with Crippen molar-refractivity contribution in [1.82, 2.24) is 10.6 Å². The van der Waals surface area contributed by atoms with Crippen molar-refractivity contribution < 1.29 is 17.2 Å². The minimum Gasteiger partial charge on any atom is -0.469 e. The molecular formula is C16H21FIN3O3S. The van der Waals surface area contributed by atoms with Crippen LogP contribution in [0.4, 0.5) is 4.39 Å². The molecule has 2 N–H and O–H groups in total. The number of nitrogens with one attached hydrogen (secondary N) is 2. The SMILES string of the molecule is CN=C(NCCc1ccco1)NCCS(=O)(=O)c1ccccc1F.I. The summed E-state index contributed by atoms with van der Waals surface area (Å²) in [6, 6.07) is 9.04. The molecular weight excluding hydrogens is 460 g/mol. The number of nitrogens with zero attached hydrogens (tertiary/aromatic N) is 1. The minimum atomic E-state index is -3.69. The summed E-state index contributed by atoms with van der Waals surface area (Å²) >= 11 is 0. The molecule has 1 heterocycles. The average Bonchev–Trinajstić information content (AvgIpc) is 3.07. The zero-order chi connectivity index (χ0) is 17.4. The van der Waals surface area contributed by atoms with Crippen LogP contribution in [0.5, 0.6) is 0 Å². The summed E-state index contributed by atoms with van der Waals surface area (Å²) in [5.74, 6) is 0.358. The van der Waals surface area contributed by atoms with Crippen molar-refractivity contribution in [3.05, 3.63) is 54.2 Å². The second-order valence-corrected chi connectivity index (χ2v) is 7.08. The molecule has 0 spiro atoms. The predicted molar refractivity (Wildman–Crippen MR) is 106 cm³/mol. The van der Waals surface area contributed by atoms with Crippen molar-refractivity contribution in [2.24, 2.45) is 4.99 Å². The van der Waals surface area contributed by atoms with Crippen LogP contribution in [-0.2, 0) is 16.3 Å². The van der Waals surface area contributed by atoms with Crippen LogP contribution in [-0.4, -0.2) is 40.3 Å². The van der Waals surface area contributed by atoms with E-state index in [1.807, 2.05) is 12.1 Å². The quantitative estimate of drug-likeness (QED) is 0.360. The lowest BCUT2D eigenvalue weighted by Crippen LogP contribution is -2.40. The van der Waals surface area contributed by atoms with Crippen LogP contribution in [0, 0.1) is 5.82 Å². The van der Waals surface area contributed by atoms with E-state index in [0.29, 0.717) is 18.9 Å². The Hall–Kier alpha value is -1.62. The fraction of sp³-hybridized carbons (Fsp3) is 0.312. The number of aliphatic imine (C=N–C) groups is 1. The first-order chi connectivity index (χ1) is 11.5. The van der Waals surface area contributed by atoms with Crippen LogP contribution in [0.2, 0.25) is 0 Å². The fourth-order valence-electron chi connectivity index (χ4n) is 2.09. The number of hydrogen-bond acceptors (Lipinski definition) is 4. The zero-order valence-corrected chi connectivity index (χ0v) is 16.9. The van der Waals surface area contributed by atoms with Crippen LogP contribution in [0.15, 0.2) is 57.0 Å². The third kappa shape index (κ3) is 6.65. The maximum atomic E-state index is 13.6. The van der Waals surface area contributed by atoms with Crippen molar-refractivity contribution >= 4 is 39.8 Å². The highest BCUT2D eigenvalue weighted by atomic mass is 127. The molecule has 0 saturated carbocycles. The van der Waals surface area contributed by atoms with E-state index in [1.54, 1.807) is 13.3 Å². The molecule has 0 radical (unpaired) electrons. The van der Waals surface area contributed by atoms with Gasteiger partial charge in [0.2, 0.25) is 0 Å². The number of furan rings is 1. The molecule has 9 heteroatoms. The summed E-state index contributed by atoms with van der Waals surface area (Å²) in [5, 5.41) is 5.96. The predicted octanol–water partition coefficient (Wildman–Crippen LogP) is 2.22. The third-order valence-electron chi connectivity index (χ3n) is 3.30. The van der Waals surface area contributed by atoms with Crippen molar-refractivity contribution in [2.75, 3.05) is 25.9 Å². The first-order valence-electron chi connectivity index (χ1n) is 7.47. The third-order valence-corrected chi connectivity index (χ3v) is 5.05. The van der Waals surface area contributed by atoms with Gasteiger partial charge in [-0.3, -0.25) is 4.99 Å². The van der Waals surface area contributed by atoms with Gasteiger partial charge in [0.25, 0.3) is 0 Å². The van der Waals surface area contributed by atoms with Gasteiger partial charge < -0.3 is 15.1 Å². The molecule has 0 amide bonds. The lowest BCUT2D eigenvalue weighted by atomic mass is 10.3. The monoisotopic (exact) mass is 481 g/mol. The van der Waals surface area contributed by atoms with Gasteiger partial charge in [-0.25, -0.2) is 12.8 Å². The van der Waals surface area contributed by atoms with Crippen molar-refractivity contribution in [2.45, 2.75) is 11.3 Å². The van der Waals surface area contributed by atoms with E-state index in [-0.39, 0.29) is 41.2 Å². The molecule has 0 aliphatic rings. The van der Waals surface area contributed by atoms with Gasteiger partial charge in [-0.1, -0.05) is 12.1 Å². The molecule has 6 nitrogen and oxygen atoms in total. The lowest BCUT2D eigenvalue weighted by Gasteiger charge is -2.12. The normalized spacial score (nSPS) is 11.7. The van der Waals surface area contributed by atoms with Gasteiger partial charge >= 0.3 is 0 Å². The zero-order valence-electron chi connectivity index (χ0n) is 13.7. The Balaban J connectivity index is 0.00000312. The van der Waals surface area contributed by atoms with E-state index in [2.05, 4.69) is 15.6 Å². The topological polar surface area (TPSA) is 83.7 Å². The highest BCUT2D eigenvalue weighted by Crippen LogP contribution is 2.14. The molecule has 2 rings (SSSR count). The smallest absolute Gasteiger partial charge is 0.191 e. The first kappa shape index (κ1) is 21.4. The second-order valence-electron chi connectivity index (χ2n) is 5.00. The number of halogens is 2. The van der Waals surface area contributed by atoms with E-state index in [0.717, 1.165) is 11.8 Å². The Morgan fingerprint density at radius 1 is 1.16 bits per heavy atom. The number of rotatable bonds is 7. The lowest BCUT2D eigenvalue weighted by molar-refractivity contribution is 0.507. The van der Waals surface area contributed by atoms with E-state index >= 15 is 0 Å². The Morgan fingerprint density at radius 2 is 1.88 bits per heavy atom. The highest BCUT2D eigenvalue weighted by Gasteiger charge is 2.18. The van der Waals surface area contributed by atoms with Gasteiger partial charge in [0.15, 0.2) is 15.8 Å². The van der Waals surface area contributed by atoms with E-state index in [1.165, 1.54) is 18.2 Å². The number of sulfone groups is 1. The van der Waals surface area contributed by atoms with Crippen LogP contribution in [0.3, 0.4) is 0 Å². The van der Waals surface area contributed by atoms with Crippen LogP contribution in [0.25, 0.3) is 0 Å². The molecule has 0 fully saturated rings. The number of hydrogen-bond donors (Lipinski definition) is 2. The van der Waals surface area contributed by atoms with Crippen LogP contribution < -0.4 is 10.6 Å². The van der Waals surface area contributed by atoms with Gasteiger partial charge in [-0.2, -0.15) is 0 Å². The van der Waals surface area contributed by atoms with E-state index < -0.39 is 15.7 Å². The molecule has 0 saturated heterocycles. The van der Waals surface area contributed by atoms with Gasteiger partial charge in [0, 0.05) is 26.6 Å². The Bertz CT molecular complexity index is 780. The number of benzene rings is 1. The maximum absolute atomic E-state index is 13.6. The summed E-state index contributed by atoms with van der Waals surface area (Å²) < 4.78 is 43.1. The first-order valence-corrected chi connectivity index (χ1v) is 9.12. The molecule has 25 heavy (non-hydrogen) atoms. The molecule has 0 atom stereocenters. The average molecular weight is 481 g/mol. The summed E-state index contributed by atoms with van der Waals surface area (Å²) in [4.78, 5) is 3.73. The Kier molecular flexibility index (Phi) is 8.90. The Morgan fingerprint density at radius 3 is 2.52 bits per heavy atom. The summed E-state index contributed by atoms with van der Waals surface area (Å²) in [7, 11) is -2.10. The van der Waals surface area contributed by atoms with Gasteiger partial charge in [-0.05, 0) is 24.3 Å². The minimum absolute atomic E-state index is 0. The molecule has 1 aromatic carbocycles. The van der Waals surface area contributed by atoms with Crippen LogP contribution >= 0.6 is 24.0 Å². The van der Waals surface area contributed by atoms with E-state index in [4.69, 9.17) is 4.42 Å². The van der Waals surface area contributed by atoms with Crippen molar-refractivity contribution in [1.29, 1.82) is 0 Å². The van der Waals surface area contributed by atoms with Crippen molar-refractivity contribution in [3.8, 4) is 0 Å². The Labute approximate surface area is 163 Å². The van der Waals surface area contributed by atoms with E-state index in [9.17, 15) is 12.8 Å². The van der Waals surface area contributed by atoms with Gasteiger partial charge in [0.05, 0.1) is 12.0 Å². The maximum Gasteiger partial charge on any atom is 0.191 e. The van der Waals surface area contributed by atoms with Gasteiger partial charge in [0.1, 0.15) is 16.5 Å². The molecule has 0 bridgehead atoms. The van der Waals surface area contributed by atoms with Crippen LogP contribution in [0.1, 0.15) is 5.76 Å². The second kappa shape index (κ2) is 10.4. The molecule has 0 aliphatic carbocycles. The standard InChI is InChI=1S/C16H20FN3O3S.HI/c1-18-16(19-9-8-13-5-4-11-23-13)20-10-12-24(21,22)15-7-3-2-6-14(15)17;/h2-7,11H,8-10,12H2,1H3,(H2,18,19,20);1H. The molecule has 1 aromatic heterocycles. The molecule has 0 unspecified atom stereocenters. The summed E-state index contributed by atoms with van der Waals surface area (Å²) in [6.07, 6.45) is 2.29. The highest BCUT2D eigenvalue weighted by molar-refractivity contribution is 14.0. The molecule has 0 aliphatic heterocycles. The van der Waals surface area contributed by atoms with Gasteiger partial charge in [-0.15, -0.1) is 24.0 Å². The molecule has 2 aromatic rings. The summed E-state index contributed by atoms with van der Waals surface area (Å²) in [6.45, 7) is 0.713. The largest absolute Gasteiger partial charge is 0.469 e. The number of guanidine groups is 1. The molecule has 138 valence electrons. The fourth-order valence-corrected chi connectivity index (χ4v) is 3.33. The van der Waals surface area contributed by atoms with Crippen molar-refractivity contribution in [3.63, 3.8) is 0 Å². The summed E-state index contributed by atoms with van der Waals surface area (Å²) in [5.41, 5.74) is 0.